The lowest BCUT2D eigenvalue weighted by Gasteiger charge is -2.12. The van der Waals surface area contributed by atoms with Gasteiger partial charge in [-0.1, -0.05) is 11.6 Å². The van der Waals surface area contributed by atoms with Crippen molar-refractivity contribution in [3.63, 3.8) is 0 Å². The van der Waals surface area contributed by atoms with E-state index in [1.165, 1.54) is 18.0 Å². The molecule has 0 atom stereocenters. The summed E-state index contributed by atoms with van der Waals surface area (Å²) in [5.74, 6) is 1.22. The molecule has 0 bridgehead atoms. The number of carbonyl (C=O) groups excluding carboxylic acids is 1. The minimum absolute atomic E-state index is 0.115. The van der Waals surface area contributed by atoms with Crippen LogP contribution in [0.15, 0.2) is 46.6 Å². The van der Waals surface area contributed by atoms with Gasteiger partial charge in [0.05, 0.1) is 29.8 Å². The molecule has 1 aliphatic rings. The Morgan fingerprint density at radius 2 is 2.11 bits per heavy atom. The number of ether oxygens (including phenoxy) is 2. The number of hydrogen-bond donors (Lipinski definition) is 0. The van der Waals surface area contributed by atoms with Gasteiger partial charge in [-0.3, -0.25) is 14.7 Å². The van der Waals surface area contributed by atoms with Crippen molar-refractivity contribution in [2.75, 3.05) is 20.8 Å². The Bertz CT molecular complexity index is 930. The highest BCUT2D eigenvalue weighted by Crippen LogP contribution is 2.37. The summed E-state index contributed by atoms with van der Waals surface area (Å²) in [6, 6.07) is 7.14. The van der Waals surface area contributed by atoms with Crippen molar-refractivity contribution in [1.82, 2.24) is 9.88 Å². The number of amides is 1. The van der Waals surface area contributed by atoms with Crippen molar-refractivity contribution in [3.8, 4) is 11.5 Å². The summed E-state index contributed by atoms with van der Waals surface area (Å²) in [6.45, 7) is 2.40. The number of amidine groups is 1. The van der Waals surface area contributed by atoms with Gasteiger partial charge in [0.15, 0.2) is 5.17 Å². The van der Waals surface area contributed by atoms with Crippen molar-refractivity contribution in [1.29, 1.82) is 0 Å². The third kappa shape index (κ3) is 4.09. The van der Waals surface area contributed by atoms with Crippen LogP contribution in [-0.4, -0.2) is 41.7 Å². The first kappa shape index (κ1) is 19.3. The molecule has 0 radical (unpaired) electrons. The lowest BCUT2D eigenvalue weighted by molar-refractivity contribution is -0.122. The Morgan fingerprint density at radius 1 is 1.30 bits per heavy atom. The van der Waals surface area contributed by atoms with Crippen LogP contribution in [0.25, 0.3) is 6.08 Å². The smallest absolute Gasteiger partial charge is 0.266 e. The summed E-state index contributed by atoms with van der Waals surface area (Å²) in [7, 11) is 3.18. The van der Waals surface area contributed by atoms with Gasteiger partial charge in [0.2, 0.25) is 0 Å². The molecule has 140 valence electrons. The van der Waals surface area contributed by atoms with Crippen molar-refractivity contribution in [2.24, 2.45) is 4.99 Å². The summed E-state index contributed by atoms with van der Waals surface area (Å²) < 4.78 is 10.7. The molecule has 0 aliphatic carbocycles. The molecule has 2 heterocycles. The topological polar surface area (TPSA) is 64.0 Å². The second-order valence-corrected chi connectivity index (χ2v) is 6.91. The number of methoxy groups -OCH3 is 2. The van der Waals surface area contributed by atoms with E-state index in [-0.39, 0.29) is 5.91 Å². The zero-order valence-electron chi connectivity index (χ0n) is 15.1. The molecule has 8 heteroatoms. The van der Waals surface area contributed by atoms with Gasteiger partial charge in [-0.2, -0.15) is 0 Å². The quantitative estimate of drug-likeness (QED) is 0.693. The molecular formula is C19H18ClN3O3S. The molecule has 0 saturated carbocycles. The molecular weight excluding hydrogens is 386 g/mol. The maximum absolute atomic E-state index is 12.8. The highest BCUT2D eigenvalue weighted by Gasteiger charge is 2.32. The monoisotopic (exact) mass is 403 g/mol. The third-order valence-electron chi connectivity index (χ3n) is 3.89. The van der Waals surface area contributed by atoms with E-state index >= 15 is 0 Å². The summed E-state index contributed by atoms with van der Waals surface area (Å²) in [4.78, 5) is 23.5. The Morgan fingerprint density at radius 3 is 2.78 bits per heavy atom. The molecule has 1 saturated heterocycles. The molecule has 3 rings (SSSR count). The first-order valence-electron chi connectivity index (χ1n) is 8.19. The highest BCUT2D eigenvalue weighted by molar-refractivity contribution is 8.18. The molecule has 27 heavy (non-hydrogen) atoms. The highest BCUT2D eigenvalue weighted by atomic mass is 35.5. The van der Waals surface area contributed by atoms with Crippen LogP contribution < -0.4 is 9.47 Å². The Balaban J connectivity index is 2.00. The third-order valence-corrected chi connectivity index (χ3v) is 5.19. The van der Waals surface area contributed by atoms with Crippen LogP contribution in [-0.2, 0) is 4.79 Å². The number of likely N-dealkylation sites (N-methyl/N-ethyl adjacent to an activating group) is 1. The molecule has 1 fully saturated rings. The number of nitrogens with zero attached hydrogens (tertiary/aromatic N) is 3. The van der Waals surface area contributed by atoms with Gasteiger partial charge < -0.3 is 9.47 Å². The van der Waals surface area contributed by atoms with Crippen LogP contribution in [0.4, 0.5) is 5.69 Å². The number of pyridine rings is 1. The maximum atomic E-state index is 12.8. The Kier molecular flexibility index (Phi) is 6.03. The van der Waals surface area contributed by atoms with E-state index in [0.29, 0.717) is 38.8 Å². The van der Waals surface area contributed by atoms with Gasteiger partial charge in [-0.25, -0.2) is 4.99 Å². The lowest BCUT2D eigenvalue weighted by atomic mass is 10.1. The second-order valence-electron chi connectivity index (χ2n) is 5.49. The van der Waals surface area contributed by atoms with Crippen LogP contribution >= 0.6 is 23.4 Å². The van der Waals surface area contributed by atoms with Crippen molar-refractivity contribution < 1.29 is 14.3 Å². The van der Waals surface area contributed by atoms with Crippen LogP contribution in [0.3, 0.4) is 0 Å². The number of carbonyl (C=O) groups is 1. The fraction of sp³-hybridized carbons (Fsp3) is 0.211. The first-order valence-corrected chi connectivity index (χ1v) is 9.38. The summed E-state index contributed by atoms with van der Waals surface area (Å²) in [5, 5.41) is 1.00. The van der Waals surface area contributed by atoms with Crippen LogP contribution in [0.1, 0.15) is 12.5 Å². The first-order chi connectivity index (χ1) is 13.1. The van der Waals surface area contributed by atoms with Gasteiger partial charge in [0.1, 0.15) is 11.5 Å². The van der Waals surface area contributed by atoms with Gasteiger partial charge >= 0.3 is 0 Å². The fourth-order valence-electron chi connectivity index (χ4n) is 2.53. The average Bonchev–Trinajstić information content (AvgIpc) is 2.97. The minimum Gasteiger partial charge on any atom is -0.497 e. The number of rotatable bonds is 5. The zero-order chi connectivity index (χ0) is 19.4. The average molecular weight is 404 g/mol. The summed E-state index contributed by atoms with van der Waals surface area (Å²) in [5.41, 5.74) is 1.33. The molecule has 0 spiro atoms. The molecule has 1 aliphatic heterocycles. The predicted octanol–water partition coefficient (Wildman–Crippen LogP) is 4.38. The lowest BCUT2D eigenvalue weighted by Crippen LogP contribution is -2.28. The maximum Gasteiger partial charge on any atom is 0.266 e. The molecule has 1 amide bonds. The SMILES string of the molecule is CCN1C(=O)/C(=C/c2cc(OC)ccc2OC)SC1=Nc1ccncc1Cl. The van der Waals surface area contributed by atoms with Crippen LogP contribution in [0, 0.1) is 0 Å². The van der Waals surface area contributed by atoms with Crippen molar-refractivity contribution >= 4 is 46.2 Å². The number of aliphatic imine (C=N–C) groups is 1. The molecule has 1 aromatic heterocycles. The number of aromatic nitrogens is 1. The van der Waals surface area contributed by atoms with Crippen molar-refractivity contribution in [3.05, 3.63) is 52.2 Å². The normalized spacial score (nSPS) is 17.0. The second kappa shape index (κ2) is 8.45. The van der Waals surface area contributed by atoms with E-state index in [9.17, 15) is 4.79 Å². The Hall–Kier alpha value is -2.51. The molecule has 0 N–H and O–H groups in total. The molecule has 0 unspecified atom stereocenters. The Labute approximate surface area is 166 Å². The van der Waals surface area contributed by atoms with Gasteiger partial charge in [0.25, 0.3) is 5.91 Å². The van der Waals surface area contributed by atoms with E-state index in [4.69, 9.17) is 21.1 Å². The number of hydrogen-bond acceptors (Lipinski definition) is 6. The molecule has 2 aromatic rings. The van der Waals surface area contributed by atoms with E-state index in [0.717, 1.165) is 5.56 Å². The predicted molar refractivity (Wildman–Crippen MR) is 109 cm³/mol. The zero-order valence-corrected chi connectivity index (χ0v) is 16.7. The van der Waals surface area contributed by atoms with E-state index in [1.54, 1.807) is 49.6 Å². The molecule has 1 aromatic carbocycles. The number of thioether (sulfide) groups is 1. The standard InChI is InChI=1S/C19H18ClN3O3S/c1-4-23-18(24)17(10-12-9-13(25-2)5-6-16(12)26-3)27-19(23)22-15-7-8-21-11-14(15)20/h5-11H,4H2,1-3H3/b17-10-,22-19?. The minimum atomic E-state index is -0.115. The van der Waals surface area contributed by atoms with Gasteiger partial charge in [0, 0.05) is 24.5 Å². The number of benzene rings is 1. The fourth-order valence-corrected chi connectivity index (χ4v) is 3.73. The summed E-state index contributed by atoms with van der Waals surface area (Å²) in [6.07, 6.45) is 4.92. The van der Waals surface area contributed by atoms with E-state index < -0.39 is 0 Å². The van der Waals surface area contributed by atoms with Crippen LogP contribution in [0.2, 0.25) is 5.02 Å². The molecule has 6 nitrogen and oxygen atoms in total. The van der Waals surface area contributed by atoms with Crippen LogP contribution in [0.5, 0.6) is 11.5 Å². The van der Waals surface area contributed by atoms with E-state index in [2.05, 4.69) is 9.98 Å². The summed E-state index contributed by atoms with van der Waals surface area (Å²) >= 11 is 7.44. The largest absolute Gasteiger partial charge is 0.497 e. The van der Waals surface area contributed by atoms with Gasteiger partial charge in [-0.15, -0.1) is 0 Å². The van der Waals surface area contributed by atoms with E-state index in [1.807, 2.05) is 13.0 Å². The van der Waals surface area contributed by atoms with Crippen molar-refractivity contribution in [2.45, 2.75) is 6.92 Å². The number of halogens is 1. The van der Waals surface area contributed by atoms with Gasteiger partial charge in [-0.05, 0) is 49.0 Å².